The third-order valence-electron chi connectivity index (χ3n) is 13.6. The van der Waals surface area contributed by atoms with Crippen molar-refractivity contribution >= 4 is 58.6 Å². The summed E-state index contributed by atoms with van der Waals surface area (Å²) in [5.74, 6) is 0.262. The Morgan fingerprint density at radius 2 is 1.76 bits per heavy atom. The van der Waals surface area contributed by atoms with Gasteiger partial charge >= 0.3 is 0 Å². The minimum Gasteiger partial charge on any atom is -0.378 e. The molecule has 3 saturated heterocycles. The number of ether oxygens (including phenoxy) is 1. The van der Waals surface area contributed by atoms with Crippen LogP contribution in [-0.2, 0) is 32.2 Å². The number of nitrogens with two attached hydrogens (primary N) is 1. The van der Waals surface area contributed by atoms with Crippen LogP contribution in [0.25, 0.3) is 0 Å². The number of hydrogen-bond donors (Lipinski definition) is 4. The SMILES string of the molecule is CC1(N)CCN(c2cnc(Sc3cccc(NC(=O)CCCCCOC4CC5(CCN(c6ccc(C(=O)NCc7ccc8c(c7)CN(C7CCC(=O)NC7=O)C8=O)nn6)C5)C4)c3)cn2)CC1. The normalized spacial score (nSPS) is 22.3. The Bertz CT molecular complexity index is 2450. The molecule has 4 aliphatic heterocycles. The number of carbonyl (C=O) groups excluding carboxylic acids is 5. The Kier molecular flexibility index (Phi) is 13.3. The van der Waals surface area contributed by atoms with Crippen LogP contribution in [-0.4, -0.2) is 105 Å². The molecular weight excluding hydrogens is 859 g/mol. The van der Waals surface area contributed by atoms with Crippen molar-refractivity contribution in [1.82, 2.24) is 35.7 Å². The molecule has 5 aliphatic rings. The van der Waals surface area contributed by atoms with E-state index in [-0.39, 0.29) is 65.9 Å². The molecule has 66 heavy (non-hydrogen) atoms. The summed E-state index contributed by atoms with van der Waals surface area (Å²) in [5, 5.41) is 17.7. The van der Waals surface area contributed by atoms with Crippen molar-refractivity contribution < 1.29 is 28.7 Å². The highest BCUT2D eigenvalue weighted by atomic mass is 32.2. The monoisotopic (exact) mass is 915 g/mol. The molecule has 1 atom stereocenters. The number of fused-ring (bicyclic) bond motifs is 1. The highest BCUT2D eigenvalue weighted by molar-refractivity contribution is 7.99. The lowest BCUT2D eigenvalue weighted by molar-refractivity contribution is -0.137. The van der Waals surface area contributed by atoms with E-state index in [0.717, 1.165) is 116 Å². The summed E-state index contributed by atoms with van der Waals surface area (Å²) < 4.78 is 6.22. The second kappa shape index (κ2) is 19.5. The summed E-state index contributed by atoms with van der Waals surface area (Å²) in [6.45, 7) is 6.79. The largest absolute Gasteiger partial charge is 0.378 e. The van der Waals surface area contributed by atoms with Crippen molar-refractivity contribution in [3.05, 3.63) is 89.4 Å². The van der Waals surface area contributed by atoms with Gasteiger partial charge in [0, 0.05) is 80.4 Å². The van der Waals surface area contributed by atoms with Gasteiger partial charge in [-0.1, -0.05) is 36.4 Å². The van der Waals surface area contributed by atoms with Crippen molar-refractivity contribution in [2.24, 2.45) is 11.1 Å². The summed E-state index contributed by atoms with van der Waals surface area (Å²) in [7, 11) is 0. The van der Waals surface area contributed by atoms with E-state index >= 15 is 0 Å². The van der Waals surface area contributed by atoms with Crippen molar-refractivity contribution in [3.63, 3.8) is 0 Å². The maximum absolute atomic E-state index is 13.0. The molecule has 6 heterocycles. The van der Waals surface area contributed by atoms with Crippen LogP contribution in [0.5, 0.6) is 0 Å². The minimum atomic E-state index is -0.677. The van der Waals surface area contributed by atoms with Gasteiger partial charge in [-0.15, -0.1) is 10.2 Å². The topological polar surface area (TPSA) is 218 Å². The molecule has 4 fully saturated rings. The van der Waals surface area contributed by atoms with Gasteiger partial charge in [0.25, 0.3) is 11.8 Å². The van der Waals surface area contributed by atoms with Crippen LogP contribution in [0.2, 0.25) is 0 Å². The second-order valence-corrected chi connectivity index (χ2v) is 19.9. The van der Waals surface area contributed by atoms with E-state index in [1.54, 1.807) is 24.4 Å². The van der Waals surface area contributed by atoms with Gasteiger partial charge in [-0.05, 0) is 111 Å². The van der Waals surface area contributed by atoms with E-state index in [0.29, 0.717) is 25.0 Å². The molecule has 346 valence electrons. The molecule has 2 aromatic carbocycles. The summed E-state index contributed by atoms with van der Waals surface area (Å²) in [6, 6.07) is 16.0. The van der Waals surface area contributed by atoms with Gasteiger partial charge in [0.05, 0.1) is 18.5 Å². The molecule has 17 nitrogen and oxygen atoms in total. The van der Waals surface area contributed by atoms with Gasteiger partial charge in [0.1, 0.15) is 16.9 Å². The number of nitrogens with one attached hydrogen (secondary N) is 3. The average Bonchev–Trinajstić information content (AvgIpc) is 3.88. The molecule has 1 spiro atoms. The van der Waals surface area contributed by atoms with Crippen LogP contribution in [0.3, 0.4) is 0 Å². The Morgan fingerprint density at radius 3 is 2.53 bits per heavy atom. The van der Waals surface area contributed by atoms with E-state index in [1.807, 2.05) is 42.6 Å². The fraction of sp³-hybridized carbons (Fsp3) is 0.479. The highest BCUT2D eigenvalue weighted by Gasteiger charge is 2.49. The average molecular weight is 916 g/mol. The van der Waals surface area contributed by atoms with Gasteiger partial charge in [0.15, 0.2) is 11.5 Å². The maximum Gasteiger partial charge on any atom is 0.272 e. The summed E-state index contributed by atoms with van der Waals surface area (Å²) in [6.07, 6.45) is 12.4. The number of imide groups is 1. The number of amides is 5. The number of hydrogen-bond acceptors (Lipinski definition) is 14. The van der Waals surface area contributed by atoms with Crippen LogP contribution in [0, 0.1) is 5.41 Å². The summed E-state index contributed by atoms with van der Waals surface area (Å²) in [5.41, 5.74) is 9.46. The van der Waals surface area contributed by atoms with E-state index in [2.05, 4.69) is 52.8 Å². The van der Waals surface area contributed by atoms with Crippen LogP contribution in [0.15, 0.2) is 76.9 Å². The number of benzene rings is 2. The highest BCUT2D eigenvalue weighted by Crippen LogP contribution is 2.50. The van der Waals surface area contributed by atoms with Crippen molar-refractivity contribution in [2.45, 2.75) is 118 Å². The Hall–Kier alpha value is -5.98. The standard InChI is InChI=1S/C48H57N11O6S/c1-47(49)15-18-57(19-16-47)40-27-51-43(28-50-40)66-35-7-5-6-33(23-35)53-41(60)8-3-2-4-21-65-34-24-48(25-34)17-20-58(30-48)39-13-11-37(55-56-39)44(62)52-26-31-9-10-36-32(22-31)29-59(46(36)64)38-12-14-42(61)54-45(38)63/h5-7,9-11,13,22-23,27-28,34,38H,2-4,8,12,14-21,24-26,29-30,49H2,1H3,(H,52,62)(H,53,60)(H,54,61,63). The first kappa shape index (κ1) is 45.2. The smallest absolute Gasteiger partial charge is 0.272 e. The van der Waals surface area contributed by atoms with Gasteiger partial charge in [-0.25, -0.2) is 9.97 Å². The lowest BCUT2D eigenvalue weighted by atomic mass is 9.66. The van der Waals surface area contributed by atoms with Crippen LogP contribution >= 0.6 is 11.8 Å². The molecule has 4 aromatic rings. The Labute approximate surface area is 388 Å². The molecular formula is C48H57N11O6S. The molecule has 2 aromatic heterocycles. The number of aromatic nitrogens is 4. The van der Waals surface area contributed by atoms with Gasteiger partial charge < -0.3 is 35.8 Å². The van der Waals surface area contributed by atoms with Crippen LogP contribution < -0.4 is 31.5 Å². The number of anilines is 3. The van der Waals surface area contributed by atoms with E-state index < -0.39 is 11.9 Å². The summed E-state index contributed by atoms with van der Waals surface area (Å²) >= 11 is 1.52. The molecule has 5 N–H and O–H groups in total. The number of carbonyl (C=O) groups is 5. The van der Waals surface area contributed by atoms with Crippen LogP contribution in [0.1, 0.15) is 110 Å². The third kappa shape index (κ3) is 10.7. The first-order valence-corrected chi connectivity index (χ1v) is 23.9. The van der Waals surface area contributed by atoms with E-state index in [1.165, 1.54) is 16.7 Å². The van der Waals surface area contributed by atoms with Crippen molar-refractivity contribution in [1.29, 1.82) is 0 Å². The van der Waals surface area contributed by atoms with Gasteiger partial charge in [0.2, 0.25) is 17.7 Å². The number of nitrogens with zero attached hydrogens (tertiary/aromatic N) is 7. The zero-order valence-electron chi connectivity index (χ0n) is 37.3. The quantitative estimate of drug-likeness (QED) is 0.0860. The molecule has 0 bridgehead atoms. The Balaban J connectivity index is 0.635. The molecule has 1 aliphatic carbocycles. The zero-order chi connectivity index (χ0) is 45.8. The van der Waals surface area contributed by atoms with Gasteiger partial charge in [-0.2, -0.15) is 0 Å². The summed E-state index contributed by atoms with van der Waals surface area (Å²) in [4.78, 5) is 79.0. The second-order valence-electron chi connectivity index (χ2n) is 18.8. The predicted octanol–water partition coefficient (Wildman–Crippen LogP) is 5.00. The van der Waals surface area contributed by atoms with Gasteiger partial charge in [-0.3, -0.25) is 29.3 Å². The van der Waals surface area contributed by atoms with E-state index in [4.69, 9.17) is 10.5 Å². The maximum atomic E-state index is 13.0. The lowest BCUT2D eigenvalue weighted by Gasteiger charge is -2.44. The molecule has 5 amide bonds. The predicted molar refractivity (Wildman–Crippen MR) is 248 cm³/mol. The van der Waals surface area contributed by atoms with E-state index in [9.17, 15) is 24.0 Å². The van der Waals surface area contributed by atoms with Crippen LogP contribution in [0.4, 0.5) is 17.3 Å². The fourth-order valence-corrected chi connectivity index (χ4v) is 10.5. The van der Waals surface area contributed by atoms with Crippen molar-refractivity contribution in [3.8, 4) is 0 Å². The Morgan fingerprint density at radius 1 is 0.924 bits per heavy atom. The molecule has 1 unspecified atom stereocenters. The molecule has 0 radical (unpaired) electrons. The number of piperidine rings is 2. The fourth-order valence-electron chi connectivity index (χ4n) is 9.68. The minimum absolute atomic E-state index is 0.00160. The third-order valence-corrected chi connectivity index (χ3v) is 14.5. The molecule has 9 rings (SSSR count). The number of unbranched alkanes of at least 4 members (excludes halogenated alkanes) is 2. The molecule has 1 saturated carbocycles. The zero-order valence-corrected chi connectivity index (χ0v) is 38.1. The van der Waals surface area contributed by atoms with Crippen molar-refractivity contribution in [2.75, 3.05) is 47.9 Å². The first-order valence-electron chi connectivity index (χ1n) is 23.1. The first-order chi connectivity index (χ1) is 31.9. The lowest BCUT2D eigenvalue weighted by Crippen LogP contribution is -2.52. The number of rotatable bonds is 16. The molecule has 18 heteroatoms.